The van der Waals surface area contributed by atoms with E-state index in [1.807, 2.05) is 0 Å². The Morgan fingerprint density at radius 3 is 2.76 bits per heavy atom. The average Bonchev–Trinajstić information content (AvgIpc) is 2.94. The summed E-state index contributed by atoms with van der Waals surface area (Å²) in [4.78, 5) is 11.7. The molecule has 1 aromatic rings. The molecule has 2 N–H and O–H groups in total. The minimum Gasteiger partial charge on any atom is -0.482 e. The highest BCUT2D eigenvalue weighted by atomic mass is 35.5. The van der Waals surface area contributed by atoms with Crippen LogP contribution in [0.1, 0.15) is 12.8 Å². The average molecular weight is 352 g/mol. The summed E-state index contributed by atoms with van der Waals surface area (Å²) >= 11 is 17.7. The Hall–Kier alpha value is -0.680. The van der Waals surface area contributed by atoms with Crippen molar-refractivity contribution < 1.29 is 9.53 Å². The van der Waals surface area contributed by atoms with Gasteiger partial charge in [-0.05, 0) is 37.9 Å². The summed E-state index contributed by atoms with van der Waals surface area (Å²) in [5.41, 5.74) is 0. The molecule has 4 nitrogen and oxygen atoms in total. The van der Waals surface area contributed by atoms with Crippen molar-refractivity contribution in [2.45, 2.75) is 12.8 Å². The molecule has 1 aromatic carbocycles. The minimum atomic E-state index is -0.178. The van der Waals surface area contributed by atoms with Crippen LogP contribution in [0.3, 0.4) is 0 Å². The van der Waals surface area contributed by atoms with Crippen LogP contribution in [-0.2, 0) is 4.79 Å². The minimum absolute atomic E-state index is 0.0966. The molecule has 1 aliphatic rings. The molecule has 0 aliphatic carbocycles. The van der Waals surface area contributed by atoms with Gasteiger partial charge in [-0.3, -0.25) is 4.79 Å². The molecular weight excluding hydrogens is 335 g/mol. The third kappa shape index (κ3) is 5.22. The van der Waals surface area contributed by atoms with Crippen LogP contribution in [0, 0.1) is 5.92 Å². The van der Waals surface area contributed by atoms with Crippen molar-refractivity contribution in [1.29, 1.82) is 0 Å². The summed E-state index contributed by atoms with van der Waals surface area (Å²) in [7, 11) is 0. The van der Waals surface area contributed by atoms with E-state index >= 15 is 0 Å². The maximum Gasteiger partial charge on any atom is 0.257 e. The van der Waals surface area contributed by atoms with Gasteiger partial charge in [-0.1, -0.05) is 34.8 Å². The number of nitrogens with one attached hydrogen (secondary N) is 2. The van der Waals surface area contributed by atoms with Gasteiger partial charge in [-0.25, -0.2) is 0 Å². The number of benzene rings is 1. The van der Waals surface area contributed by atoms with Crippen molar-refractivity contribution in [1.82, 2.24) is 10.6 Å². The standard InChI is InChI=1S/C14H17Cl3N2O2/c15-10-5-12(17)13(6-11(10)16)21-8-14(20)19-4-2-9-1-3-18-7-9/h5-6,9,18H,1-4,7-8H2,(H,19,20). The second kappa shape index (κ2) is 8.08. The second-order valence-corrected chi connectivity index (χ2v) is 6.20. The SMILES string of the molecule is O=C(COc1cc(Cl)c(Cl)cc1Cl)NCCC1CCNC1. The van der Waals surface area contributed by atoms with Crippen LogP contribution < -0.4 is 15.4 Å². The number of carbonyl (C=O) groups excluding carboxylic acids is 1. The van der Waals surface area contributed by atoms with Crippen molar-refractivity contribution in [2.24, 2.45) is 5.92 Å². The first-order valence-electron chi connectivity index (χ1n) is 6.81. The fourth-order valence-corrected chi connectivity index (χ4v) is 2.78. The lowest BCUT2D eigenvalue weighted by Crippen LogP contribution is -2.30. The van der Waals surface area contributed by atoms with Gasteiger partial charge in [0.2, 0.25) is 0 Å². The molecule has 1 unspecified atom stereocenters. The van der Waals surface area contributed by atoms with Crippen molar-refractivity contribution >= 4 is 40.7 Å². The second-order valence-electron chi connectivity index (χ2n) is 4.98. The van der Waals surface area contributed by atoms with Crippen molar-refractivity contribution in [3.05, 3.63) is 27.2 Å². The van der Waals surface area contributed by atoms with E-state index in [0.29, 0.717) is 33.3 Å². The first-order chi connectivity index (χ1) is 10.1. The first-order valence-corrected chi connectivity index (χ1v) is 7.94. The van der Waals surface area contributed by atoms with E-state index in [-0.39, 0.29) is 12.5 Å². The lowest BCUT2D eigenvalue weighted by molar-refractivity contribution is -0.123. The van der Waals surface area contributed by atoms with Crippen LogP contribution in [0.15, 0.2) is 12.1 Å². The molecule has 1 aliphatic heterocycles. The van der Waals surface area contributed by atoms with E-state index in [2.05, 4.69) is 10.6 Å². The predicted molar refractivity (Wildman–Crippen MR) is 85.6 cm³/mol. The van der Waals surface area contributed by atoms with Crippen LogP contribution in [0.5, 0.6) is 5.75 Å². The maximum absolute atomic E-state index is 11.7. The van der Waals surface area contributed by atoms with Gasteiger partial charge in [0.05, 0.1) is 15.1 Å². The van der Waals surface area contributed by atoms with Crippen molar-refractivity contribution in [3.63, 3.8) is 0 Å². The Morgan fingerprint density at radius 2 is 2.05 bits per heavy atom. The summed E-state index contributed by atoms with van der Waals surface area (Å²) in [5.74, 6) is 0.819. The normalized spacial score (nSPS) is 17.8. The highest BCUT2D eigenvalue weighted by Gasteiger charge is 2.14. The van der Waals surface area contributed by atoms with Crippen LogP contribution in [0.2, 0.25) is 15.1 Å². The third-order valence-corrected chi connectivity index (χ3v) is 4.39. The largest absolute Gasteiger partial charge is 0.482 e. The highest BCUT2D eigenvalue weighted by Crippen LogP contribution is 2.33. The van der Waals surface area contributed by atoms with Crippen LogP contribution in [0.4, 0.5) is 0 Å². The summed E-state index contributed by atoms with van der Waals surface area (Å²) < 4.78 is 5.36. The molecule has 21 heavy (non-hydrogen) atoms. The van der Waals surface area contributed by atoms with Gasteiger partial charge in [-0.2, -0.15) is 0 Å². The molecule has 2 rings (SSSR count). The lowest BCUT2D eigenvalue weighted by atomic mass is 10.1. The van der Waals surface area contributed by atoms with Crippen LogP contribution in [-0.4, -0.2) is 32.1 Å². The monoisotopic (exact) mass is 350 g/mol. The quantitative estimate of drug-likeness (QED) is 0.774. The van der Waals surface area contributed by atoms with Crippen LogP contribution >= 0.6 is 34.8 Å². The van der Waals surface area contributed by atoms with E-state index in [1.54, 1.807) is 0 Å². The van der Waals surface area contributed by atoms with E-state index < -0.39 is 0 Å². The summed E-state index contributed by atoms with van der Waals surface area (Å²) in [6.45, 7) is 2.66. The predicted octanol–water partition coefficient (Wildman–Crippen LogP) is 3.14. The van der Waals surface area contributed by atoms with E-state index in [9.17, 15) is 4.79 Å². The molecule has 1 atom stereocenters. The molecule has 1 heterocycles. The smallest absolute Gasteiger partial charge is 0.257 e. The van der Waals surface area contributed by atoms with Gasteiger partial charge in [0, 0.05) is 12.6 Å². The zero-order valence-electron chi connectivity index (χ0n) is 11.4. The molecular formula is C14H17Cl3N2O2. The van der Waals surface area contributed by atoms with Crippen LogP contribution in [0.25, 0.3) is 0 Å². The number of rotatable bonds is 6. The van der Waals surface area contributed by atoms with Gasteiger partial charge in [0.25, 0.3) is 5.91 Å². The number of ether oxygens (including phenoxy) is 1. The lowest BCUT2D eigenvalue weighted by Gasteiger charge is -2.11. The first kappa shape index (κ1) is 16.7. The van der Waals surface area contributed by atoms with Gasteiger partial charge in [0.15, 0.2) is 6.61 Å². The molecule has 1 amide bonds. The summed E-state index contributed by atoms with van der Waals surface area (Å²) in [5, 5.41) is 7.15. The number of carbonyl (C=O) groups is 1. The van der Waals surface area contributed by atoms with Crippen molar-refractivity contribution in [3.8, 4) is 5.75 Å². The van der Waals surface area contributed by atoms with Gasteiger partial charge in [0.1, 0.15) is 5.75 Å². The molecule has 0 radical (unpaired) electrons. The number of hydrogen-bond donors (Lipinski definition) is 2. The molecule has 116 valence electrons. The zero-order valence-corrected chi connectivity index (χ0v) is 13.7. The van der Waals surface area contributed by atoms with E-state index in [0.717, 1.165) is 19.5 Å². The van der Waals surface area contributed by atoms with E-state index in [4.69, 9.17) is 39.5 Å². The molecule has 1 fully saturated rings. The van der Waals surface area contributed by atoms with Crippen molar-refractivity contribution in [2.75, 3.05) is 26.2 Å². The Morgan fingerprint density at radius 1 is 1.29 bits per heavy atom. The molecule has 0 aromatic heterocycles. The van der Waals surface area contributed by atoms with E-state index in [1.165, 1.54) is 18.6 Å². The fourth-order valence-electron chi connectivity index (χ4n) is 2.19. The molecule has 1 saturated heterocycles. The topological polar surface area (TPSA) is 50.4 Å². The molecule has 0 bridgehead atoms. The molecule has 7 heteroatoms. The Kier molecular flexibility index (Phi) is 6.42. The van der Waals surface area contributed by atoms with Gasteiger partial charge >= 0.3 is 0 Å². The third-order valence-electron chi connectivity index (χ3n) is 3.37. The molecule has 0 saturated carbocycles. The molecule has 0 spiro atoms. The van der Waals surface area contributed by atoms with Gasteiger partial charge < -0.3 is 15.4 Å². The number of hydrogen-bond acceptors (Lipinski definition) is 3. The Balaban J connectivity index is 1.72. The summed E-state index contributed by atoms with van der Waals surface area (Å²) in [6.07, 6.45) is 2.15. The number of amides is 1. The zero-order chi connectivity index (χ0) is 15.2. The summed E-state index contributed by atoms with van der Waals surface area (Å²) in [6, 6.07) is 3.00. The van der Waals surface area contributed by atoms with Gasteiger partial charge in [-0.15, -0.1) is 0 Å². The fraction of sp³-hybridized carbons (Fsp3) is 0.500. The highest BCUT2D eigenvalue weighted by molar-refractivity contribution is 6.43. The maximum atomic E-state index is 11.7. The Labute approximate surface area is 139 Å². The number of halogens is 3. The Bertz CT molecular complexity index is 505.